The van der Waals surface area contributed by atoms with E-state index in [1.165, 1.54) is 12.1 Å². The van der Waals surface area contributed by atoms with Gasteiger partial charge in [-0.1, -0.05) is 17.3 Å². The van der Waals surface area contributed by atoms with Gasteiger partial charge in [0.1, 0.15) is 5.82 Å². The van der Waals surface area contributed by atoms with Crippen LogP contribution in [0, 0.1) is 5.82 Å². The average molecular weight is 289 g/mol. The zero-order valence-electron chi connectivity index (χ0n) is 11.5. The molecule has 21 heavy (non-hydrogen) atoms. The van der Waals surface area contributed by atoms with E-state index in [9.17, 15) is 4.39 Å². The second-order valence-corrected chi connectivity index (χ2v) is 5.63. The number of hydrogen-bond acceptors (Lipinski definition) is 5. The molecular weight excluding hydrogens is 273 g/mol. The third kappa shape index (κ3) is 2.24. The Bertz CT molecular complexity index is 631. The average Bonchev–Trinajstić information content (AvgIpc) is 3.19. The number of morpholine rings is 1. The smallest absolute Gasteiger partial charge is 0.237 e. The van der Waals surface area contributed by atoms with Gasteiger partial charge in [-0.25, -0.2) is 4.39 Å². The van der Waals surface area contributed by atoms with Crippen molar-refractivity contribution in [2.75, 3.05) is 19.8 Å². The van der Waals surface area contributed by atoms with Gasteiger partial charge < -0.3 is 14.6 Å². The molecule has 2 heterocycles. The van der Waals surface area contributed by atoms with Crippen molar-refractivity contribution in [3.63, 3.8) is 0 Å². The molecule has 1 atom stereocenters. The Morgan fingerprint density at radius 3 is 2.71 bits per heavy atom. The number of nitrogens with zero attached hydrogens (tertiary/aromatic N) is 2. The van der Waals surface area contributed by atoms with E-state index in [0.717, 1.165) is 24.9 Å². The van der Waals surface area contributed by atoms with Crippen LogP contribution in [0.1, 0.15) is 36.2 Å². The van der Waals surface area contributed by atoms with E-state index in [1.54, 1.807) is 12.1 Å². The Kier molecular flexibility index (Phi) is 3.01. The van der Waals surface area contributed by atoms with Crippen LogP contribution < -0.4 is 5.32 Å². The number of hydrogen-bond donors (Lipinski definition) is 1. The normalized spacial score (nSPS) is 24.0. The van der Waals surface area contributed by atoms with E-state index in [-0.39, 0.29) is 17.3 Å². The quantitative estimate of drug-likeness (QED) is 0.936. The summed E-state index contributed by atoms with van der Waals surface area (Å²) in [5.41, 5.74) is 0.807. The summed E-state index contributed by atoms with van der Waals surface area (Å²) in [6.45, 7) is 2.06. The molecule has 6 heteroatoms. The highest BCUT2D eigenvalue weighted by Crippen LogP contribution is 2.52. The van der Waals surface area contributed by atoms with E-state index in [4.69, 9.17) is 9.26 Å². The Balaban J connectivity index is 1.61. The summed E-state index contributed by atoms with van der Waals surface area (Å²) < 4.78 is 24.0. The highest BCUT2D eigenvalue weighted by Gasteiger charge is 2.51. The van der Waals surface area contributed by atoms with Crippen molar-refractivity contribution < 1.29 is 13.7 Å². The first kappa shape index (κ1) is 12.9. The van der Waals surface area contributed by atoms with Crippen LogP contribution in [-0.4, -0.2) is 29.9 Å². The van der Waals surface area contributed by atoms with Crippen LogP contribution in [0.2, 0.25) is 0 Å². The SMILES string of the molecule is Fc1ccc(C2(c3nc([C@@H]4COCCN4)no3)CC2)cc1. The van der Waals surface area contributed by atoms with Gasteiger partial charge in [0.15, 0.2) is 5.82 Å². The van der Waals surface area contributed by atoms with E-state index >= 15 is 0 Å². The number of benzene rings is 1. The molecular formula is C15H16FN3O2. The lowest BCUT2D eigenvalue weighted by atomic mass is 9.96. The van der Waals surface area contributed by atoms with Crippen molar-refractivity contribution >= 4 is 0 Å². The molecule has 0 spiro atoms. The molecule has 4 rings (SSSR count). The molecule has 2 aromatic rings. The molecule has 110 valence electrons. The second kappa shape index (κ2) is 4.89. The molecule has 1 aliphatic heterocycles. The summed E-state index contributed by atoms with van der Waals surface area (Å²) in [5.74, 6) is 1.03. The molecule has 1 aromatic heterocycles. The fraction of sp³-hybridized carbons (Fsp3) is 0.467. The highest BCUT2D eigenvalue weighted by molar-refractivity contribution is 5.38. The van der Waals surface area contributed by atoms with Crippen molar-refractivity contribution in [3.8, 4) is 0 Å². The Labute approximate surface area is 121 Å². The second-order valence-electron chi connectivity index (χ2n) is 5.63. The summed E-state index contributed by atoms with van der Waals surface area (Å²) in [5, 5.41) is 7.39. The fourth-order valence-electron chi connectivity index (χ4n) is 2.82. The zero-order valence-corrected chi connectivity index (χ0v) is 11.5. The minimum atomic E-state index is -0.232. The lowest BCUT2D eigenvalue weighted by Crippen LogP contribution is -2.35. The standard InChI is InChI=1S/C15H16FN3O2/c16-11-3-1-10(2-4-11)15(5-6-15)14-18-13(19-21-14)12-9-20-8-7-17-12/h1-4,12,17H,5-9H2/t12-/m0/s1. The van der Waals surface area contributed by atoms with Gasteiger partial charge in [-0.2, -0.15) is 4.98 Å². The molecule has 1 aliphatic carbocycles. The lowest BCUT2D eigenvalue weighted by Gasteiger charge is -2.20. The first-order chi connectivity index (χ1) is 10.3. The maximum absolute atomic E-state index is 13.1. The topological polar surface area (TPSA) is 60.2 Å². The molecule has 2 fully saturated rings. The van der Waals surface area contributed by atoms with E-state index in [0.29, 0.717) is 24.9 Å². The Hall–Kier alpha value is -1.79. The predicted octanol–water partition coefficient (Wildman–Crippen LogP) is 1.95. The Morgan fingerprint density at radius 1 is 1.24 bits per heavy atom. The number of ether oxygens (including phenoxy) is 1. The van der Waals surface area contributed by atoms with Crippen molar-refractivity contribution in [2.24, 2.45) is 0 Å². The van der Waals surface area contributed by atoms with E-state index < -0.39 is 0 Å². The molecule has 0 radical (unpaired) electrons. The zero-order chi connectivity index (χ0) is 14.3. The predicted molar refractivity (Wildman–Crippen MR) is 72.3 cm³/mol. The van der Waals surface area contributed by atoms with Crippen LogP contribution in [0.15, 0.2) is 28.8 Å². The van der Waals surface area contributed by atoms with Crippen LogP contribution in [-0.2, 0) is 10.2 Å². The minimum absolute atomic E-state index is 0.0136. The number of rotatable bonds is 3. The van der Waals surface area contributed by atoms with Crippen molar-refractivity contribution in [2.45, 2.75) is 24.3 Å². The number of nitrogens with one attached hydrogen (secondary N) is 1. The molecule has 1 saturated carbocycles. The fourth-order valence-corrected chi connectivity index (χ4v) is 2.82. The Morgan fingerprint density at radius 2 is 2.05 bits per heavy atom. The van der Waals surface area contributed by atoms with Crippen LogP contribution in [0.4, 0.5) is 4.39 Å². The molecule has 0 bridgehead atoms. The summed E-state index contributed by atoms with van der Waals surface area (Å²) in [7, 11) is 0. The molecule has 5 nitrogen and oxygen atoms in total. The lowest BCUT2D eigenvalue weighted by molar-refractivity contribution is 0.0734. The highest BCUT2D eigenvalue weighted by atomic mass is 19.1. The van der Waals surface area contributed by atoms with Gasteiger partial charge in [0.2, 0.25) is 5.89 Å². The maximum atomic E-state index is 13.1. The molecule has 2 aliphatic rings. The van der Waals surface area contributed by atoms with Crippen LogP contribution >= 0.6 is 0 Å². The molecule has 1 aromatic carbocycles. The first-order valence-corrected chi connectivity index (χ1v) is 7.19. The van der Waals surface area contributed by atoms with Crippen molar-refractivity contribution in [3.05, 3.63) is 47.4 Å². The summed E-state index contributed by atoms with van der Waals surface area (Å²) in [6.07, 6.45) is 1.91. The van der Waals surface area contributed by atoms with Crippen LogP contribution in [0.25, 0.3) is 0 Å². The van der Waals surface area contributed by atoms with Gasteiger partial charge in [-0.3, -0.25) is 0 Å². The van der Waals surface area contributed by atoms with Gasteiger partial charge in [0.25, 0.3) is 0 Å². The van der Waals surface area contributed by atoms with Crippen LogP contribution in [0.3, 0.4) is 0 Å². The van der Waals surface area contributed by atoms with E-state index in [1.807, 2.05) is 0 Å². The largest absolute Gasteiger partial charge is 0.378 e. The van der Waals surface area contributed by atoms with Crippen LogP contribution in [0.5, 0.6) is 0 Å². The summed E-state index contributed by atoms with van der Waals surface area (Å²) >= 11 is 0. The minimum Gasteiger partial charge on any atom is -0.378 e. The molecule has 1 saturated heterocycles. The van der Waals surface area contributed by atoms with E-state index in [2.05, 4.69) is 15.5 Å². The first-order valence-electron chi connectivity index (χ1n) is 7.19. The van der Waals surface area contributed by atoms with Crippen molar-refractivity contribution in [1.29, 1.82) is 0 Å². The molecule has 0 amide bonds. The van der Waals surface area contributed by atoms with Gasteiger partial charge in [0.05, 0.1) is 24.7 Å². The monoisotopic (exact) mass is 289 g/mol. The van der Waals surface area contributed by atoms with Gasteiger partial charge >= 0.3 is 0 Å². The summed E-state index contributed by atoms with van der Waals surface area (Å²) in [6, 6.07) is 6.54. The number of aromatic nitrogens is 2. The van der Waals surface area contributed by atoms with Gasteiger partial charge in [-0.05, 0) is 30.5 Å². The maximum Gasteiger partial charge on any atom is 0.237 e. The molecule has 0 unspecified atom stereocenters. The third-order valence-electron chi connectivity index (χ3n) is 4.23. The molecule has 1 N–H and O–H groups in total. The van der Waals surface area contributed by atoms with Gasteiger partial charge in [-0.15, -0.1) is 0 Å². The van der Waals surface area contributed by atoms with Gasteiger partial charge in [0, 0.05) is 6.54 Å². The number of halogens is 1. The third-order valence-corrected chi connectivity index (χ3v) is 4.23. The summed E-state index contributed by atoms with van der Waals surface area (Å²) in [4.78, 5) is 4.55. The van der Waals surface area contributed by atoms with Crippen molar-refractivity contribution in [1.82, 2.24) is 15.5 Å².